The minimum atomic E-state index is -1.02. The lowest BCUT2D eigenvalue weighted by Crippen LogP contribution is -2.09. The Labute approximate surface area is 110 Å². The van der Waals surface area contributed by atoms with Gasteiger partial charge < -0.3 is 9.84 Å². The summed E-state index contributed by atoms with van der Waals surface area (Å²) in [4.78, 5) is 11.2. The molecule has 0 atom stereocenters. The Kier molecular flexibility index (Phi) is 2.55. The van der Waals surface area contributed by atoms with Crippen LogP contribution in [0.1, 0.15) is 28.5 Å². The van der Waals surface area contributed by atoms with Crippen LogP contribution in [0.15, 0.2) is 18.2 Å². The van der Waals surface area contributed by atoms with E-state index < -0.39 is 5.97 Å². The first kappa shape index (κ1) is 11.8. The van der Waals surface area contributed by atoms with Crippen LogP contribution in [0.2, 0.25) is 0 Å². The predicted octanol–water partition coefficient (Wildman–Crippen LogP) is 2.24. The molecule has 2 aromatic rings. The van der Waals surface area contributed by atoms with Gasteiger partial charge in [0.2, 0.25) is 0 Å². The molecule has 1 aromatic carbocycles. The molecule has 2 heterocycles. The zero-order chi connectivity index (χ0) is 13.6. The van der Waals surface area contributed by atoms with E-state index in [1.54, 1.807) is 11.7 Å². The molecule has 5 nitrogen and oxygen atoms in total. The van der Waals surface area contributed by atoms with Gasteiger partial charge in [0.25, 0.3) is 0 Å². The molecule has 1 aromatic heterocycles. The van der Waals surface area contributed by atoms with Crippen molar-refractivity contribution in [2.24, 2.45) is 7.05 Å². The maximum absolute atomic E-state index is 11.2. The van der Waals surface area contributed by atoms with Gasteiger partial charge in [0.15, 0.2) is 5.69 Å². The third-order valence-corrected chi connectivity index (χ3v) is 3.43. The molecule has 0 saturated carbocycles. The zero-order valence-corrected chi connectivity index (χ0v) is 10.8. The lowest BCUT2D eigenvalue weighted by Gasteiger charge is -2.19. The van der Waals surface area contributed by atoms with Crippen LogP contribution in [0.25, 0.3) is 11.3 Å². The number of aromatic nitrogens is 2. The van der Waals surface area contributed by atoms with Crippen LogP contribution in [0, 0.1) is 0 Å². The first-order chi connectivity index (χ1) is 9.11. The zero-order valence-electron chi connectivity index (χ0n) is 10.8. The number of ether oxygens (including phenoxy) is 1. The number of aryl methyl sites for hydroxylation is 2. The minimum Gasteiger partial charge on any atom is -0.488 e. The fourth-order valence-corrected chi connectivity index (χ4v) is 2.47. The maximum Gasteiger partial charge on any atom is 0.356 e. The Morgan fingerprint density at radius 3 is 3.00 bits per heavy atom. The Morgan fingerprint density at radius 1 is 1.53 bits per heavy atom. The summed E-state index contributed by atoms with van der Waals surface area (Å²) in [6.07, 6.45) is 0.923. The summed E-state index contributed by atoms with van der Waals surface area (Å²) in [5, 5.41) is 13.3. The van der Waals surface area contributed by atoms with Crippen LogP contribution in [0.3, 0.4) is 0 Å². The number of carbonyl (C=O) groups is 1. The van der Waals surface area contributed by atoms with Crippen molar-refractivity contribution >= 4 is 5.97 Å². The third-order valence-electron chi connectivity index (χ3n) is 3.43. The van der Waals surface area contributed by atoms with Crippen LogP contribution < -0.4 is 4.74 Å². The van der Waals surface area contributed by atoms with Gasteiger partial charge in [0, 0.05) is 12.6 Å². The molecular formula is C14H14N2O3. The minimum absolute atomic E-state index is 0.0741. The average Bonchev–Trinajstić information content (AvgIpc) is 2.76. The van der Waals surface area contributed by atoms with Crippen LogP contribution in [-0.4, -0.2) is 20.9 Å². The van der Waals surface area contributed by atoms with E-state index in [-0.39, 0.29) is 12.3 Å². The van der Waals surface area contributed by atoms with Crippen molar-refractivity contribution in [2.75, 3.05) is 0 Å². The summed E-state index contributed by atoms with van der Waals surface area (Å²) in [6.45, 7) is 2.33. The highest BCUT2D eigenvalue weighted by Gasteiger charge is 2.28. The van der Waals surface area contributed by atoms with Crippen molar-refractivity contribution < 1.29 is 14.6 Å². The Morgan fingerprint density at radius 2 is 2.32 bits per heavy atom. The van der Waals surface area contributed by atoms with Crippen molar-refractivity contribution in [2.45, 2.75) is 20.0 Å². The molecule has 0 unspecified atom stereocenters. The normalized spacial score (nSPS) is 12.5. The Bertz CT molecular complexity index is 674. The molecule has 0 spiro atoms. The first-order valence-corrected chi connectivity index (χ1v) is 6.17. The maximum atomic E-state index is 11.2. The summed E-state index contributed by atoms with van der Waals surface area (Å²) >= 11 is 0. The van der Waals surface area contributed by atoms with E-state index in [2.05, 4.69) is 12.0 Å². The second kappa shape index (κ2) is 4.12. The van der Waals surface area contributed by atoms with Crippen LogP contribution >= 0.6 is 0 Å². The molecule has 3 rings (SSSR count). The van der Waals surface area contributed by atoms with Crippen molar-refractivity contribution in [3.8, 4) is 17.0 Å². The second-order valence-corrected chi connectivity index (χ2v) is 4.58. The number of rotatable bonds is 2. The Balaban J connectivity index is 2.26. The summed E-state index contributed by atoms with van der Waals surface area (Å²) in [5.41, 5.74) is 3.67. The van der Waals surface area contributed by atoms with Crippen LogP contribution in [0.5, 0.6) is 5.75 Å². The number of nitrogens with zero attached hydrogens (tertiary/aromatic N) is 2. The van der Waals surface area contributed by atoms with Crippen molar-refractivity contribution in [3.05, 3.63) is 35.0 Å². The number of hydrogen-bond donors (Lipinski definition) is 1. The van der Waals surface area contributed by atoms with Gasteiger partial charge in [0.05, 0.1) is 11.3 Å². The standard InChI is InChI=1S/C14H14N2O3/c1-3-8-4-5-11-9(6-8)13-10(7-19-11)12(14(17)18)15-16(13)2/h4-6H,3,7H2,1-2H3,(H,17,18). The molecular weight excluding hydrogens is 244 g/mol. The highest BCUT2D eigenvalue weighted by atomic mass is 16.5. The molecule has 98 valence electrons. The lowest BCUT2D eigenvalue weighted by atomic mass is 9.99. The summed E-state index contributed by atoms with van der Waals surface area (Å²) in [5.74, 6) is -0.236. The average molecular weight is 258 g/mol. The summed E-state index contributed by atoms with van der Waals surface area (Å²) in [7, 11) is 1.76. The van der Waals surface area contributed by atoms with Gasteiger partial charge in [-0.25, -0.2) is 4.79 Å². The first-order valence-electron chi connectivity index (χ1n) is 6.17. The lowest BCUT2D eigenvalue weighted by molar-refractivity contribution is 0.0686. The van der Waals surface area contributed by atoms with Gasteiger partial charge in [-0.2, -0.15) is 5.10 Å². The van der Waals surface area contributed by atoms with E-state index >= 15 is 0 Å². The highest BCUT2D eigenvalue weighted by molar-refractivity contribution is 5.90. The largest absolute Gasteiger partial charge is 0.488 e. The van der Waals surface area contributed by atoms with E-state index in [1.807, 2.05) is 18.2 Å². The van der Waals surface area contributed by atoms with E-state index in [1.165, 1.54) is 5.56 Å². The van der Waals surface area contributed by atoms with E-state index in [4.69, 9.17) is 4.74 Å². The fourth-order valence-electron chi connectivity index (χ4n) is 2.47. The van der Waals surface area contributed by atoms with Gasteiger partial charge in [-0.15, -0.1) is 0 Å². The Hall–Kier alpha value is -2.30. The molecule has 0 amide bonds. The molecule has 0 bridgehead atoms. The monoisotopic (exact) mass is 258 g/mol. The predicted molar refractivity (Wildman–Crippen MR) is 69.3 cm³/mol. The summed E-state index contributed by atoms with van der Waals surface area (Å²) < 4.78 is 7.26. The number of aromatic carboxylic acids is 1. The van der Waals surface area contributed by atoms with Crippen LogP contribution in [-0.2, 0) is 20.1 Å². The van der Waals surface area contributed by atoms with Gasteiger partial charge in [-0.3, -0.25) is 4.68 Å². The molecule has 1 aliphatic heterocycles. The van der Waals surface area contributed by atoms with Gasteiger partial charge in [-0.1, -0.05) is 13.0 Å². The van der Waals surface area contributed by atoms with Gasteiger partial charge in [-0.05, 0) is 24.1 Å². The molecule has 1 N–H and O–H groups in total. The highest BCUT2D eigenvalue weighted by Crippen LogP contribution is 2.39. The molecule has 5 heteroatoms. The van der Waals surface area contributed by atoms with Crippen molar-refractivity contribution in [1.29, 1.82) is 0 Å². The fraction of sp³-hybridized carbons (Fsp3) is 0.286. The number of carboxylic acids is 1. The number of fused-ring (bicyclic) bond motifs is 3. The molecule has 19 heavy (non-hydrogen) atoms. The molecule has 0 radical (unpaired) electrons. The smallest absolute Gasteiger partial charge is 0.356 e. The molecule has 0 fully saturated rings. The van der Waals surface area contributed by atoms with Crippen molar-refractivity contribution in [1.82, 2.24) is 9.78 Å². The van der Waals surface area contributed by atoms with Crippen LogP contribution in [0.4, 0.5) is 0 Å². The van der Waals surface area contributed by atoms with E-state index in [0.29, 0.717) is 5.56 Å². The third kappa shape index (κ3) is 1.69. The van der Waals surface area contributed by atoms with E-state index in [9.17, 15) is 9.90 Å². The topological polar surface area (TPSA) is 64.3 Å². The van der Waals surface area contributed by atoms with Gasteiger partial charge in [0.1, 0.15) is 12.4 Å². The summed E-state index contributed by atoms with van der Waals surface area (Å²) in [6, 6.07) is 6.00. The number of hydrogen-bond acceptors (Lipinski definition) is 3. The number of carboxylic acid groups (broad SMARTS) is 1. The number of benzene rings is 1. The molecule has 0 aliphatic carbocycles. The molecule has 1 aliphatic rings. The SMILES string of the molecule is CCc1ccc2c(c1)-c1c(c(C(=O)O)nn1C)CO2. The van der Waals surface area contributed by atoms with Gasteiger partial charge >= 0.3 is 5.97 Å². The quantitative estimate of drug-likeness (QED) is 0.897. The molecule has 0 saturated heterocycles. The van der Waals surface area contributed by atoms with Crippen molar-refractivity contribution in [3.63, 3.8) is 0 Å². The second-order valence-electron chi connectivity index (χ2n) is 4.58. The van der Waals surface area contributed by atoms with E-state index in [0.717, 1.165) is 23.4 Å².